The van der Waals surface area contributed by atoms with Gasteiger partial charge >= 0.3 is 0 Å². The molecular formula is C18H20N2. The predicted molar refractivity (Wildman–Crippen MR) is 85.9 cm³/mol. The summed E-state index contributed by atoms with van der Waals surface area (Å²) in [7, 11) is 2.11. The molecule has 1 heterocycles. The minimum atomic E-state index is 0.844. The summed E-state index contributed by atoms with van der Waals surface area (Å²) in [5.41, 5.74) is 12.0. The molecule has 0 spiro atoms. The number of fused-ring (bicyclic) bond motifs is 1. The molecule has 0 bridgehead atoms. The summed E-state index contributed by atoms with van der Waals surface area (Å²) in [5, 5.41) is 1.36. The first kappa shape index (κ1) is 12.8. The Bertz CT molecular complexity index is 753. The minimum Gasteiger partial charge on any atom is -0.399 e. The van der Waals surface area contributed by atoms with Gasteiger partial charge in [-0.2, -0.15) is 0 Å². The first-order valence-corrected chi connectivity index (χ1v) is 7.03. The molecular weight excluding hydrogens is 244 g/mol. The molecule has 0 aliphatic heterocycles. The van der Waals surface area contributed by atoms with Crippen LogP contribution in [0.2, 0.25) is 0 Å². The van der Waals surface area contributed by atoms with Crippen molar-refractivity contribution in [2.45, 2.75) is 19.8 Å². The predicted octanol–water partition coefficient (Wildman–Crippen LogP) is 3.85. The zero-order chi connectivity index (χ0) is 14.1. The number of nitrogens with zero attached hydrogens (tertiary/aromatic N) is 1. The monoisotopic (exact) mass is 264 g/mol. The Balaban J connectivity index is 1.87. The zero-order valence-electron chi connectivity index (χ0n) is 12.1. The maximum absolute atomic E-state index is 5.81. The van der Waals surface area contributed by atoms with Crippen LogP contribution in [0.1, 0.15) is 16.7 Å². The highest BCUT2D eigenvalue weighted by molar-refractivity contribution is 5.83. The molecule has 0 saturated carbocycles. The number of nitrogen functional groups attached to an aromatic ring is 1. The third kappa shape index (κ3) is 2.29. The van der Waals surface area contributed by atoms with Gasteiger partial charge in [-0.05, 0) is 54.7 Å². The summed E-state index contributed by atoms with van der Waals surface area (Å²) in [6.07, 6.45) is 4.36. The number of anilines is 1. The van der Waals surface area contributed by atoms with Crippen molar-refractivity contribution in [1.82, 2.24) is 4.57 Å². The van der Waals surface area contributed by atoms with Crippen molar-refractivity contribution in [3.05, 3.63) is 65.4 Å². The Morgan fingerprint density at radius 3 is 2.55 bits per heavy atom. The molecule has 1 aromatic heterocycles. The van der Waals surface area contributed by atoms with Gasteiger partial charge < -0.3 is 10.3 Å². The van der Waals surface area contributed by atoms with Gasteiger partial charge in [0.2, 0.25) is 0 Å². The summed E-state index contributed by atoms with van der Waals surface area (Å²) in [6, 6.07) is 14.8. The van der Waals surface area contributed by atoms with Crippen molar-refractivity contribution >= 4 is 16.6 Å². The normalized spacial score (nSPS) is 11.1. The maximum Gasteiger partial charge on any atom is 0.0480 e. The molecule has 3 aromatic rings. The van der Waals surface area contributed by atoms with E-state index in [2.05, 4.69) is 61.1 Å². The van der Waals surface area contributed by atoms with Gasteiger partial charge in [-0.15, -0.1) is 0 Å². The SMILES string of the molecule is Cc1cc(N)ccc1CCc1cn(C)c2ccccc12. The summed E-state index contributed by atoms with van der Waals surface area (Å²) in [4.78, 5) is 0. The second-order valence-electron chi connectivity index (χ2n) is 5.47. The number of benzene rings is 2. The van der Waals surface area contributed by atoms with E-state index in [0.717, 1.165) is 18.5 Å². The maximum atomic E-state index is 5.81. The van der Waals surface area contributed by atoms with Crippen LogP contribution in [0.25, 0.3) is 10.9 Å². The first-order chi connectivity index (χ1) is 9.65. The summed E-state index contributed by atoms with van der Waals surface area (Å²) in [5.74, 6) is 0. The zero-order valence-corrected chi connectivity index (χ0v) is 12.1. The topological polar surface area (TPSA) is 30.9 Å². The van der Waals surface area contributed by atoms with Crippen LogP contribution in [0.15, 0.2) is 48.7 Å². The summed E-state index contributed by atoms with van der Waals surface area (Å²) >= 11 is 0. The number of hydrogen-bond acceptors (Lipinski definition) is 1. The molecule has 0 saturated heterocycles. The van der Waals surface area contributed by atoms with E-state index < -0.39 is 0 Å². The highest BCUT2D eigenvalue weighted by Crippen LogP contribution is 2.22. The fourth-order valence-electron chi connectivity index (χ4n) is 2.89. The lowest BCUT2D eigenvalue weighted by Crippen LogP contribution is -1.95. The van der Waals surface area contributed by atoms with Crippen LogP contribution in [-0.4, -0.2) is 4.57 Å². The van der Waals surface area contributed by atoms with Gasteiger partial charge in [0.15, 0.2) is 0 Å². The van der Waals surface area contributed by atoms with Crippen LogP contribution < -0.4 is 5.73 Å². The lowest BCUT2D eigenvalue weighted by Gasteiger charge is -2.06. The molecule has 102 valence electrons. The first-order valence-electron chi connectivity index (χ1n) is 7.03. The van der Waals surface area contributed by atoms with E-state index in [9.17, 15) is 0 Å². The molecule has 2 heteroatoms. The average molecular weight is 264 g/mol. The van der Waals surface area contributed by atoms with Gasteiger partial charge in [0.1, 0.15) is 0 Å². The molecule has 0 unspecified atom stereocenters. The van der Waals surface area contributed by atoms with Crippen molar-refractivity contribution in [1.29, 1.82) is 0 Å². The number of aryl methyl sites for hydroxylation is 4. The Morgan fingerprint density at radius 2 is 1.75 bits per heavy atom. The molecule has 0 aliphatic carbocycles. The van der Waals surface area contributed by atoms with Crippen molar-refractivity contribution in [2.75, 3.05) is 5.73 Å². The molecule has 0 radical (unpaired) electrons. The standard InChI is InChI=1S/C18H20N2/c1-13-11-16(19)10-9-14(13)7-8-15-12-20(2)18-6-4-3-5-17(15)18/h3-6,9-12H,7-8,19H2,1-2H3. The van der Waals surface area contributed by atoms with Gasteiger partial charge in [0.25, 0.3) is 0 Å². The Morgan fingerprint density at radius 1 is 1.00 bits per heavy atom. The number of hydrogen-bond donors (Lipinski definition) is 1. The summed E-state index contributed by atoms with van der Waals surface area (Å²) in [6.45, 7) is 2.13. The average Bonchev–Trinajstić information content (AvgIpc) is 2.75. The Labute approximate surface area is 119 Å². The van der Waals surface area contributed by atoms with Crippen LogP contribution in [0.3, 0.4) is 0 Å². The second kappa shape index (κ2) is 5.04. The van der Waals surface area contributed by atoms with Gasteiger partial charge in [-0.3, -0.25) is 0 Å². The molecule has 20 heavy (non-hydrogen) atoms. The van der Waals surface area contributed by atoms with Crippen molar-refractivity contribution in [3.63, 3.8) is 0 Å². The third-order valence-electron chi connectivity index (χ3n) is 4.01. The van der Waals surface area contributed by atoms with Gasteiger partial charge in [-0.25, -0.2) is 0 Å². The van der Waals surface area contributed by atoms with E-state index in [1.807, 2.05) is 6.07 Å². The molecule has 0 fully saturated rings. The largest absolute Gasteiger partial charge is 0.399 e. The Kier molecular flexibility index (Phi) is 3.23. The van der Waals surface area contributed by atoms with E-state index in [0.29, 0.717) is 0 Å². The number of nitrogens with two attached hydrogens (primary N) is 1. The summed E-state index contributed by atoms with van der Waals surface area (Å²) < 4.78 is 2.21. The number of aromatic nitrogens is 1. The van der Waals surface area contributed by atoms with E-state index in [1.165, 1.54) is 27.6 Å². The lowest BCUT2D eigenvalue weighted by molar-refractivity contribution is 0.919. The highest BCUT2D eigenvalue weighted by Gasteiger charge is 2.07. The highest BCUT2D eigenvalue weighted by atomic mass is 14.9. The molecule has 2 N–H and O–H groups in total. The smallest absolute Gasteiger partial charge is 0.0480 e. The fourth-order valence-corrected chi connectivity index (χ4v) is 2.89. The number of para-hydroxylation sites is 1. The van der Waals surface area contributed by atoms with Crippen molar-refractivity contribution in [2.24, 2.45) is 7.05 Å². The fraction of sp³-hybridized carbons (Fsp3) is 0.222. The quantitative estimate of drug-likeness (QED) is 0.716. The van der Waals surface area contributed by atoms with Crippen LogP contribution in [-0.2, 0) is 19.9 Å². The molecule has 2 aromatic carbocycles. The van der Waals surface area contributed by atoms with Crippen LogP contribution in [0, 0.1) is 6.92 Å². The molecule has 0 aliphatic rings. The molecule has 0 amide bonds. The van der Waals surface area contributed by atoms with Crippen LogP contribution in [0.4, 0.5) is 5.69 Å². The molecule has 3 rings (SSSR count). The van der Waals surface area contributed by atoms with E-state index in [-0.39, 0.29) is 0 Å². The van der Waals surface area contributed by atoms with E-state index in [1.54, 1.807) is 0 Å². The van der Waals surface area contributed by atoms with Gasteiger partial charge in [0.05, 0.1) is 0 Å². The lowest BCUT2D eigenvalue weighted by atomic mass is 10.00. The minimum absolute atomic E-state index is 0.844. The molecule has 0 atom stereocenters. The van der Waals surface area contributed by atoms with E-state index in [4.69, 9.17) is 5.73 Å². The van der Waals surface area contributed by atoms with Crippen LogP contribution >= 0.6 is 0 Å². The van der Waals surface area contributed by atoms with Crippen LogP contribution in [0.5, 0.6) is 0 Å². The van der Waals surface area contributed by atoms with Gasteiger partial charge in [0, 0.05) is 29.8 Å². The van der Waals surface area contributed by atoms with Crippen molar-refractivity contribution in [3.8, 4) is 0 Å². The van der Waals surface area contributed by atoms with Crippen molar-refractivity contribution < 1.29 is 0 Å². The Hall–Kier alpha value is -2.22. The number of rotatable bonds is 3. The second-order valence-corrected chi connectivity index (χ2v) is 5.47. The third-order valence-corrected chi connectivity index (χ3v) is 4.01. The molecule has 2 nitrogen and oxygen atoms in total. The van der Waals surface area contributed by atoms with E-state index >= 15 is 0 Å². The van der Waals surface area contributed by atoms with Gasteiger partial charge in [-0.1, -0.05) is 24.3 Å².